The molecule has 0 atom stereocenters. The van der Waals surface area contributed by atoms with Crippen molar-refractivity contribution in [1.82, 2.24) is 15.2 Å². The second-order valence-electron chi connectivity index (χ2n) is 4.41. The largest absolute Gasteiger partial charge is 0.376 e. The summed E-state index contributed by atoms with van der Waals surface area (Å²) in [6, 6.07) is 0. The average molecular weight is 254 g/mol. The summed E-state index contributed by atoms with van der Waals surface area (Å²) in [5.41, 5.74) is -1.12. The lowest BCUT2D eigenvalue weighted by Crippen LogP contribution is -2.28. The molecule has 1 aromatic heterocycles. The van der Waals surface area contributed by atoms with Crippen LogP contribution >= 0.6 is 0 Å². The zero-order valence-corrected chi connectivity index (χ0v) is 10.2. The van der Waals surface area contributed by atoms with E-state index in [-0.39, 0.29) is 5.82 Å². The minimum absolute atomic E-state index is 0.113. The van der Waals surface area contributed by atoms with Gasteiger partial charge in [0, 0.05) is 6.54 Å². The van der Waals surface area contributed by atoms with E-state index in [1.165, 1.54) is 19.3 Å². The average Bonchev–Trinajstić information content (AvgIpc) is 2.38. The Kier molecular flexibility index (Phi) is 4.52. The normalized spacial score (nSPS) is 16.7. The van der Waals surface area contributed by atoms with E-state index in [0.29, 0.717) is 19.3 Å². The Labute approximate surface area is 104 Å². The first-order valence-electron chi connectivity index (χ1n) is 6.30. The molecule has 0 aromatic carbocycles. The fourth-order valence-electron chi connectivity index (χ4n) is 2.09. The molecule has 2 rings (SSSR count). The lowest BCUT2D eigenvalue weighted by Gasteiger charge is -2.21. The van der Waals surface area contributed by atoms with Crippen LogP contribution in [0.2, 0.25) is 0 Å². The minimum Gasteiger partial charge on any atom is -0.376 e. The maximum Gasteiger partial charge on any atom is 0.342 e. The molecule has 0 spiro atoms. The fourth-order valence-corrected chi connectivity index (χ4v) is 2.09. The summed E-state index contributed by atoms with van der Waals surface area (Å²) >= 11 is 0. The maximum absolute atomic E-state index is 11.3. The van der Waals surface area contributed by atoms with Crippen LogP contribution in [0.4, 0.5) is 5.82 Å². The van der Waals surface area contributed by atoms with Gasteiger partial charge in [-0.05, 0) is 12.8 Å². The number of H-pyrrole nitrogens is 2. The van der Waals surface area contributed by atoms with Gasteiger partial charge in [-0.15, -0.1) is 5.10 Å². The SMILES string of the molecule is O=c1[nH]nc(NCCOC2CCCCC2)c(=O)[nH]1. The van der Waals surface area contributed by atoms with Crippen LogP contribution in [-0.2, 0) is 4.74 Å². The van der Waals surface area contributed by atoms with E-state index >= 15 is 0 Å². The predicted octanol–water partition coefficient (Wildman–Crippen LogP) is 0.219. The number of aromatic amines is 2. The highest BCUT2D eigenvalue weighted by atomic mass is 16.5. The number of anilines is 1. The molecule has 0 aliphatic heterocycles. The molecule has 0 amide bonds. The van der Waals surface area contributed by atoms with Gasteiger partial charge in [-0.25, -0.2) is 9.89 Å². The third kappa shape index (κ3) is 3.69. The summed E-state index contributed by atoms with van der Waals surface area (Å²) in [6.45, 7) is 1.03. The molecule has 1 heterocycles. The quantitative estimate of drug-likeness (QED) is 0.653. The lowest BCUT2D eigenvalue weighted by atomic mass is 9.98. The molecule has 1 aliphatic carbocycles. The van der Waals surface area contributed by atoms with E-state index in [1.54, 1.807) is 0 Å². The topological polar surface area (TPSA) is 99.9 Å². The third-order valence-corrected chi connectivity index (χ3v) is 3.01. The number of ether oxygens (including phenoxy) is 1. The Morgan fingerprint density at radius 1 is 1.28 bits per heavy atom. The van der Waals surface area contributed by atoms with Crippen molar-refractivity contribution in [3.05, 3.63) is 20.8 Å². The molecular formula is C11H18N4O3. The van der Waals surface area contributed by atoms with Crippen LogP contribution in [0.25, 0.3) is 0 Å². The van der Waals surface area contributed by atoms with E-state index in [9.17, 15) is 9.59 Å². The third-order valence-electron chi connectivity index (χ3n) is 3.01. The highest BCUT2D eigenvalue weighted by molar-refractivity contribution is 5.28. The van der Waals surface area contributed by atoms with Crippen LogP contribution in [0.15, 0.2) is 9.59 Å². The van der Waals surface area contributed by atoms with Gasteiger partial charge in [-0.2, -0.15) is 0 Å². The first-order valence-corrected chi connectivity index (χ1v) is 6.30. The van der Waals surface area contributed by atoms with Crippen LogP contribution in [0.3, 0.4) is 0 Å². The summed E-state index contributed by atoms with van der Waals surface area (Å²) in [5.74, 6) is 0.113. The van der Waals surface area contributed by atoms with Gasteiger partial charge in [0.05, 0.1) is 12.7 Å². The van der Waals surface area contributed by atoms with Gasteiger partial charge in [0.2, 0.25) is 5.82 Å². The number of rotatable bonds is 5. The molecule has 1 fully saturated rings. The van der Waals surface area contributed by atoms with E-state index in [0.717, 1.165) is 12.8 Å². The Hall–Kier alpha value is -1.63. The van der Waals surface area contributed by atoms with Gasteiger partial charge in [-0.3, -0.25) is 9.78 Å². The van der Waals surface area contributed by atoms with Crippen LogP contribution in [0, 0.1) is 0 Å². The molecule has 0 bridgehead atoms. The van der Waals surface area contributed by atoms with Crippen LogP contribution in [0.1, 0.15) is 32.1 Å². The molecule has 0 radical (unpaired) electrons. The van der Waals surface area contributed by atoms with Crippen LogP contribution in [0.5, 0.6) is 0 Å². The molecule has 1 aliphatic rings. The van der Waals surface area contributed by atoms with E-state index in [2.05, 4.69) is 20.5 Å². The number of hydrogen-bond acceptors (Lipinski definition) is 5. The van der Waals surface area contributed by atoms with Gasteiger partial charge in [0.25, 0.3) is 5.56 Å². The standard InChI is InChI=1S/C11H18N4O3/c16-10-9(14-15-11(17)13-10)12-6-7-18-8-4-2-1-3-5-8/h8H,1-7H2,(H,12,14)(H2,13,15,16,17). The highest BCUT2D eigenvalue weighted by Gasteiger charge is 2.13. The summed E-state index contributed by atoms with van der Waals surface area (Å²) in [5, 5.41) is 8.61. The molecular weight excluding hydrogens is 236 g/mol. The van der Waals surface area contributed by atoms with Gasteiger partial charge >= 0.3 is 5.69 Å². The zero-order valence-electron chi connectivity index (χ0n) is 10.2. The fraction of sp³-hybridized carbons (Fsp3) is 0.727. The van der Waals surface area contributed by atoms with E-state index in [4.69, 9.17) is 4.74 Å². The highest BCUT2D eigenvalue weighted by Crippen LogP contribution is 2.19. The van der Waals surface area contributed by atoms with Crippen molar-refractivity contribution < 1.29 is 4.74 Å². The Balaban J connectivity index is 1.71. The Bertz CT molecular complexity index is 476. The van der Waals surface area contributed by atoms with Crippen LogP contribution in [-0.4, -0.2) is 34.4 Å². The van der Waals surface area contributed by atoms with Crippen molar-refractivity contribution in [2.24, 2.45) is 0 Å². The zero-order chi connectivity index (χ0) is 12.8. The van der Waals surface area contributed by atoms with Crippen LogP contribution < -0.4 is 16.6 Å². The van der Waals surface area contributed by atoms with Crippen molar-refractivity contribution in [2.45, 2.75) is 38.2 Å². The predicted molar refractivity (Wildman–Crippen MR) is 66.8 cm³/mol. The molecule has 7 heteroatoms. The van der Waals surface area contributed by atoms with Gasteiger partial charge in [0.1, 0.15) is 0 Å². The smallest absolute Gasteiger partial charge is 0.342 e. The minimum atomic E-state index is -0.607. The summed E-state index contributed by atoms with van der Waals surface area (Å²) in [7, 11) is 0. The van der Waals surface area contributed by atoms with Gasteiger partial charge in [-0.1, -0.05) is 19.3 Å². The second kappa shape index (κ2) is 6.34. The second-order valence-corrected chi connectivity index (χ2v) is 4.41. The number of hydrogen-bond donors (Lipinski definition) is 3. The van der Waals surface area contributed by atoms with Crippen molar-refractivity contribution in [2.75, 3.05) is 18.5 Å². The molecule has 3 N–H and O–H groups in total. The lowest BCUT2D eigenvalue weighted by molar-refractivity contribution is 0.0347. The molecule has 1 aromatic rings. The summed E-state index contributed by atoms with van der Waals surface area (Å²) in [4.78, 5) is 24.1. The van der Waals surface area contributed by atoms with Crippen molar-refractivity contribution in [3.63, 3.8) is 0 Å². The first kappa shape index (κ1) is 12.8. The molecule has 18 heavy (non-hydrogen) atoms. The number of nitrogens with zero attached hydrogens (tertiary/aromatic N) is 1. The Morgan fingerprint density at radius 2 is 2.06 bits per heavy atom. The van der Waals surface area contributed by atoms with Gasteiger partial charge < -0.3 is 10.1 Å². The number of aromatic nitrogens is 3. The summed E-state index contributed by atoms with van der Waals surface area (Å²) in [6.07, 6.45) is 6.37. The molecule has 1 saturated carbocycles. The van der Waals surface area contributed by atoms with Crippen molar-refractivity contribution in [1.29, 1.82) is 0 Å². The number of nitrogens with one attached hydrogen (secondary N) is 3. The van der Waals surface area contributed by atoms with E-state index < -0.39 is 11.2 Å². The first-order chi connectivity index (χ1) is 8.75. The van der Waals surface area contributed by atoms with Gasteiger partial charge in [0.15, 0.2) is 0 Å². The van der Waals surface area contributed by atoms with Crippen molar-refractivity contribution in [3.8, 4) is 0 Å². The molecule has 0 saturated heterocycles. The monoisotopic (exact) mass is 254 g/mol. The maximum atomic E-state index is 11.3. The Morgan fingerprint density at radius 3 is 2.78 bits per heavy atom. The molecule has 0 unspecified atom stereocenters. The molecule has 100 valence electrons. The molecule has 7 nitrogen and oxygen atoms in total. The van der Waals surface area contributed by atoms with Crippen molar-refractivity contribution >= 4 is 5.82 Å². The van der Waals surface area contributed by atoms with E-state index in [1.807, 2.05) is 0 Å². The summed E-state index contributed by atoms with van der Waals surface area (Å²) < 4.78 is 5.69.